The van der Waals surface area contributed by atoms with Crippen LogP contribution in [0.3, 0.4) is 0 Å². The molecule has 0 saturated carbocycles. The van der Waals surface area contributed by atoms with Gasteiger partial charge in [-0.15, -0.1) is 0 Å². The number of rotatable bonds is 7. The maximum Gasteiger partial charge on any atom is 0.217 e. The molecular weight excluding hydrogens is 402 g/mol. The molecule has 9 heteroatoms. The van der Waals surface area contributed by atoms with Gasteiger partial charge in [-0.2, -0.15) is 4.31 Å². The predicted octanol–water partition coefficient (Wildman–Crippen LogP) is 2.00. The smallest absolute Gasteiger partial charge is 0.217 e. The van der Waals surface area contributed by atoms with Gasteiger partial charge >= 0.3 is 0 Å². The second-order valence-electron chi connectivity index (χ2n) is 7.65. The summed E-state index contributed by atoms with van der Waals surface area (Å²) >= 11 is 0. The number of piperidine rings is 1. The molecule has 4 rings (SSSR count). The van der Waals surface area contributed by atoms with Crippen molar-refractivity contribution >= 4 is 21.7 Å². The van der Waals surface area contributed by atoms with Crippen molar-refractivity contribution in [2.75, 3.05) is 61.4 Å². The molecule has 0 unspecified atom stereocenters. The number of nitrogens with zero attached hydrogens (tertiary/aromatic N) is 5. The van der Waals surface area contributed by atoms with Crippen LogP contribution in [0.4, 0.5) is 11.6 Å². The fourth-order valence-corrected chi connectivity index (χ4v) is 5.18. The van der Waals surface area contributed by atoms with E-state index < -0.39 is 10.0 Å². The summed E-state index contributed by atoms with van der Waals surface area (Å²) in [7, 11) is -3.34. The lowest BCUT2D eigenvalue weighted by molar-refractivity contribution is 0.331. The molecule has 0 bridgehead atoms. The first-order valence-electron chi connectivity index (χ1n) is 10.6. The molecule has 0 amide bonds. The van der Waals surface area contributed by atoms with Crippen LogP contribution in [0.2, 0.25) is 0 Å². The summed E-state index contributed by atoms with van der Waals surface area (Å²) in [5, 5.41) is 0. The lowest BCUT2D eigenvalue weighted by Crippen LogP contribution is -2.50. The first-order valence-corrected chi connectivity index (χ1v) is 12.2. The van der Waals surface area contributed by atoms with E-state index in [2.05, 4.69) is 19.8 Å². The summed E-state index contributed by atoms with van der Waals surface area (Å²) < 4.78 is 32.5. The van der Waals surface area contributed by atoms with Crippen LogP contribution in [0.1, 0.15) is 19.3 Å². The highest BCUT2D eigenvalue weighted by Gasteiger charge is 2.27. The maximum absolute atomic E-state index is 12.7. The van der Waals surface area contributed by atoms with E-state index >= 15 is 0 Å². The van der Waals surface area contributed by atoms with Gasteiger partial charge in [-0.3, -0.25) is 0 Å². The van der Waals surface area contributed by atoms with E-state index in [-0.39, 0.29) is 12.4 Å². The van der Waals surface area contributed by atoms with Crippen molar-refractivity contribution in [3.63, 3.8) is 0 Å². The molecule has 2 fully saturated rings. The highest BCUT2D eigenvalue weighted by molar-refractivity contribution is 7.89. The molecule has 30 heavy (non-hydrogen) atoms. The molecule has 2 saturated heterocycles. The van der Waals surface area contributed by atoms with E-state index in [1.54, 1.807) is 10.6 Å². The minimum absolute atomic E-state index is 0.0193. The van der Waals surface area contributed by atoms with Gasteiger partial charge in [-0.1, -0.05) is 18.2 Å². The molecule has 2 aromatic rings. The first-order chi connectivity index (χ1) is 14.6. The van der Waals surface area contributed by atoms with Crippen molar-refractivity contribution in [2.45, 2.75) is 19.3 Å². The third-order valence-corrected chi connectivity index (χ3v) is 7.46. The fraction of sp³-hybridized carbons (Fsp3) is 0.524. The van der Waals surface area contributed by atoms with Gasteiger partial charge in [0.05, 0.1) is 5.75 Å². The number of sulfonamides is 1. The Labute approximate surface area is 178 Å². The van der Waals surface area contributed by atoms with E-state index in [4.69, 9.17) is 4.74 Å². The van der Waals surface area contributed by atoms with Crippen LogP contribution in [0, 0.1) is 0 Å². The first kappa shape index (κ1) is 20.9. The number of hydrogen-bond acceptors (Lipinski definition) is 7. The zero-order valence-electron chi connectivity index (χ0n) is 17.2. The average molecular weight is 432 g/mol. The molecule has 8 nitrogen and oxygen atoms in total. The maximum atomic E-state index is 12.7. The van der Waals surface area contributed by atoms with Crippen molar-refractivity contribution in [3.8, 4) is 5.75 Å². The van der Waals surface area contributed by atoms with E-state index in [1.165, 1.54) is 19.3 Å². The van der Waals surface area contributed by atoms with Crippen LogP contribution in [0.5, 0.6) is 5.75 Å². The van der Waals surface area contributed by atoms with Gasteiger partial charge in [-0.05, 0) is 31.4 Å². The Kier molecular flexibility index (Phi) is 6.69. The van der Waals surface area contributed by atoms with Crippen LogP contribution in [-0.2, 0) is 10.0 Å². The molecule has 0 N–H and O–H groups in total. The topological polar surface area (TPSA) is 78.9 Å². The fourth-order valence-electron chi connectivity index (χ4n) is 3.91. The summed E-state index contributed by atoms with van der Waals surface area (Å²) in [6.45, 7) is 4.37. The normalized spacial score (nSPS) is 18.4. The van der Waals surface area contributed by atoms with E-state index in [1.807, 2.05) is 36.4 Å². The van der Waals surface area contributed by atoms with Gasteiger partial charge in [0.2, 0.25) is 10.0 Å². The van der Waals surface area contributed by atoms with Crippen molar-refractivity contribution in [1.29, 1.82) is 0 Å². The van der Waals surface area contributed by atoms with Crippen molar-refractivity contribution < 1.29 is 13.2 Å². The zero-order chi connectivity index (χ0) is 20.8. The second kappa shape index (κ2) is 9.61. The predicted molar refractivity (Wildman–Crippen MR) is 118 cm³/mol. The molecule has 0 radical (unpaired) electrons. The Morgan fingerprint density at radius 2 is 1.47 bits per heavy atom. The minimum Gasteiger partial charge on any atom is -0.492 e. The highest BCUT2D eigenvalue weighted by atomic mass is 32.2. The lowest BCUT2D eigenvalue weighted by atomic mass is 10.1. The number of hydrogen-bond donors (Lipinski definition) is 0. The van der Waals surface area contributed by atoms with Crippen LogP contribution in [-0.4, -0.2) is 74.3 Å². The molecule has 2 aliphatic rings. The van der Waals surface area contributed by atoms with Crippen LogP contribution in [0.15, 0.2) is 42.7 Å². The molecule has 1 aromatic heterocycles. The third kappa shape index (κ3) is 5.20. The summed E-state index contributed by atoms with van der Waals surface area (Å²) in [6.07, 6.45) is 5.29. The SMILES string of the molecule is O=S(=O)(CCOc1ccccc1)N1CCN(c2cc(N3CCCCC3)ncn2)CC1. The van der Waals surface area contributed by atoms with Gasteiger partial charge in [0.15, 0.2) is 0 Å². The Balaban J connectivity index is 1.30. The molecule has 0 aliphatic carbocycles. The number of anilines is 2. The second-order valence-corrected chi connectivity index (χ2v) is 9.73. The number of para-hydroxylation sites is 1. The van der Waals surface area contributed by atoms with Gasteiger partial charge in [0, 0.05) is 45.3 Å². The van der Waals surface area contributed by atoms with Crippen molar-refractivity contribution in [1.82, 2.24) is 14.3 Å². The van der Waals surface area contributed by atoms with Crippen molar-refractivity contribution in [2.24, 2.45) is 0 Å². The van der Waals surface area contributed by atoms with Crippen LogP contribution in [0.25, 0.3) is 0 Å². The van der Waals surface area contributed by atoms with E-state index in [0.717, 1.165) is 24.7 Å². The molecule has 2 aliphatic heterocycles. The standard InChI is InChI=1S/C21H29N5O3S/c27-30(28,16-15-29-19-7-3-1-4-8-19)26-13-11-25(12-14-26)21-17-20(22-18-23-21)24-9-5-2-6-10-24/h1,3-4,7-8,17-18H,2,5-6,9-16H2. The minimum atomic E-state index is -3.34. The molecule has 3 heterocycles. The van der Waals surface area contributed by atoms with Gasteiger partial charge in [0.1, 0.15) is 30.3 Å². The van der Waals surface area contributed by atoms with Gasteiger partial charge < -0.3 is 14.5 Å². The third-order valence-electron chi connectivity index (χ3n) is 5.63. The molecular formula is C21H29N5O3S. The van der Waals surface area contributed by atoms with E-state index in [0.29, 0.717) is 31.9 Å². The Bertz CT molecular complexity index is 911. The quantitative estimate of drug-likeness (QED) is 0.663. The number of benzene rings is 1. The highest BCUT2D eigenvalue weighted by Crippen LogP contribution is 2.22. The molecule has 0 atom stereocenters. The van der Waals surface area contributed by atoms with Crippen molar-refractivity contribution in [3.05, 3.63) is 42.7 Å². The molecule has 0 spiro atoms. The van der Waals surface area contributed by atoms with E-state index in [9.17, 15) is 8.42 Å². The average Bonchev–Trinajstić information content (AvgIpc) is 2.80. The Morgan fingerprint density at radius 3 is 2.13 bits per heavy atom. The summed E-state index contributed by atoms with van der Waals surface area (Å²) in [4.78, 5) is 13.3. The summed E-state index contributed by atoms with van der Waals surface area (Å²) in [6, 6.07) is 11.3. The monoisotopic (exact) mass is 431 g/mol. The summed E-state index contributed by atoms with van der Waals surface area (Å²) in [5.41, 5.74) is 0. The Hall–Kier alpha value is -2.39. The number of piperazine rings is 1. The largest absolute Gasteiger partial charge is 0.492 e. The number of ether oxygens (including phenoxy) is 1. The number of aromatic nitrogens is 2. The molecule has 1 aromatic carbocycles. The zero-order valence-corrected chi connectivity index (χ0v) is 18.0. The van der Waals surface area contributed by atoms with Crippen LogP contribution >= 0.6 is 0 Å². The summed E-state index contributed by atoms with van der Waals surface area (Å²) in [5.74, 6) is 2.50. The Morgan fingerprint density at radius 1 is 0.833 bits per heavy atom. The lowest BCUT2D eigenvalue weighted by Gasteiger charge is -2.35. The van der Waals surface area contributed by atoms with Gasteiger partial charge in [-0.25, -0.2) is 18.4 Å². The molecule has 162 valence electrons. The van der Waals surface area contributed by atoms with Crippen LogP contribution < -0.4 is 14.5 Å². The van der Waals surface area contributed by atoms with Gasteiger partial charge in [0.25, 0.3) is 0 Å².